The highest BCUT2D eigenvalue weighted by Gasteiger charge is 2.37. The first kappa shape index (κ1) is 19.4. The summed E-state index contributed by atoms with van der Waals surface area (Å²) in [5, 5.41) is 15.1. The Kier molecular flexibility index (Phi) is 5.00. The van der Waals surface area contributed by atoms with E-state index >= 15 is 0 Å². The van der Waals surface area contributed by atoms with Crippen molar-refractivity contribution in [2.45, 2.75) is 31.7 Å². The molecule has 1 aliphatic heterocycles. The van der Waals surface area contributed by atoms with Crippen molar-refractivity contribution in [1.29, 1.82) is 0 Å². The van der Waals surface area contributed by atoms with Crippen molar-refractivity contribution in [3.63, 3.8) is 0 Å². The van der Waals surface area contributed by atoms with Crippen LogP contribution < -0.4 is 5.32 Å². The Bertz CT molecular complexity index is 951. The van der Waals surface area contributed by atoms with Crippen LogP contribution in [-0.2, 0) is 10.2 Å². The molecule has 2 aliphatic rings. The number of fused-ring (bicyclic) bond motifs is 1. The molecular formula is C22H25N3O4. The van der Waals surface area contributed by atoms with Crippen LogP contribution >= 0.6 is 0 Å². The van der Waals surface area contributed by atoms with E-state index in [1.165, 1.54) is 17.2 Å². The van der Waals surface area contributed by atoms with E-state index in [0.29, 0.717) is 37.6 Å². The molecule has 0 bridgehead atoms. The Morgan fingerprint density at radius 1 is 1.21 bits per heavy atom. The number of hydrogen-bond acceptors (Lipinski definition) is 5. The fourth-order valence-electron chi connectivity index (χ4n) is 4.35. The number of benzene rings is 2. The van der Waals surface area contributed by atoms with Gasteiger partial charge in [-0.25, -0.2) is 0 Å². The molecule has 1 N–H and O–H groups in total. The molecule has 1 amide bonds. The number of carbonyl (C=O) groups excluding carboxylic acids is 1. The van der Waals surface area contributed by atoms with Gasteiger partial charge in [-0.15, -0.1) is 0 Å². The fraction of sp³-hybridized carbons (Fsp3) is 0.409. The molecule has 2 aromatic carbocycles. The van der Waals surface area contributed by atoms with Crippen LogP contribution in [-0.4, -0.2) is 42.0 Å². The number of rotatable bonds is 4. The average Bonchev–Trinajstić information content (AvgIpc) is 2.98. The second kappa shape index (κ2) is 7.48. The molecule has 7 heteroatoms. The lowest BCUT2D eigenvalue weighted by Crippen LogP contribution is -2.40. The Balaban J connectivity index is 1.62. The zero-order valence-electron chi connectivity index (χ0n) is 16.7. The third-order valence-electron chi connectivity index (χ3n) is 5.85. The lowest BCUT2D eigenvalue weighted by atomic mass is 9.86. The van der Waals surface area contributed by atoms with Crippen LogP contribution in [0.15, 0.2) is 42.5 Å². The third kappa shape index (κ3) is 3.70. The predicted octanol–water partition coefficient (Wildman–Crippen LogP) is 3.90. The van der Waals surface area contributed by atoms with Crippen molar-refractivity contribution in [2.24, 2.45) is 0 Å². The molecule has 1 fully saturated rings. The first-order chi connectivity index (χ1) is 13.9. The maximum Gasteiger partial charge on any atom is 0.293 e. The third-order valence-corrected chi connectivity index (χ3v) is 5.85. The Morgan fingerprint density at radius 2 is 1.93 bits per heavy atom. The lowest BCUT2D eigenvalue weighted by molar-refractivity contribution is -0.384. The minimum absolute atomic E-state index is 0.00468. The molecule has 1 unspecified atom stereocenters. The minimum atomic E-state index is -0.426. The van der Waals surface area contributed by atoms with Crippen LogP contribution in [0.1, 0.15) is 47.8 Å². The highest BCUT2D eigenvalue weighted by Crippen LogP contribution is 2.46. The summed E-state index contributed by atoms with van der Waals surface area (Å²) in [5.74, 6) is -0.199. The molecule has 1 atom stereocenters. The van der Waals surface area contributed by atoms with Crippen molar-refractivity contribution in [3.8, 4) is 0 Å². The maximum atomic E-state index is 12.7. The average molecular weight is 395 g/mol. The largest absolute Gasteiger partial charge is 0.378 e. The number of amides is 1. The molecule has 1 heterocycles. The molecule has 4 rings (SSSR count). The second-order valence-electron chi connectivity index (χ2n) is 8.27. The highest BCUT2D eigenvalue weighted by molar-refractivity contribution is 5.95. The predicted molar refractivity (Wildman–Crippen MR) is 110 cm³/mol. The van der Waals surface area contributed by atoms with Crippen LogP contribution in [0.4, 0.5) is 11.4 Å². The first-order valence-electron chi connectivity index (χ1n) is 9.88. The van der Waals surface area contributed by atoms with E-state index in [0.717, 1.165) is 6.42 Å². The number of nitrogens with zero attached hydrogens (tertiary/aromatic N) is 2. The van der Waals surface area contributed by atoms with Gasteiger partial charge in [0.05, 0.1) is 24.2 Å². The van der Waals surface area contributed by atoms with E-state index in [1.807, 2.05) is 12.1 Å². The Morgan fingerprint density at radius 3 is 2.66 bits per heavy atom. The van der Waals surface area contributed by atoms with Gasteiger partial charge in [0.15, 0.2) is 0 Å². The van der Waals surface area contributed by atoms with Crippen LogP contribution in [0.25, 0.3) is 0 Å². The molecular weight excluding hydrogens is 370 g/mol. The Labute approximate surface area is 169 Å². The molecule has 0 aromatic heterocycles. The SMILES string of the molecule is CC1(C)CC(Nc2ccc(C(=O)N3CCOCC3)cc2[N+](=O)[O-])c2ccccc21. The topological polar surface area (TPSA) is 84.7 Å². The van der Waals surface area contributed by atoms with Crippen LogP contribution in [0, 0.1) is 10.1 Å². The molecule has 29 heavy (non-hydrogen) atoms. The Hall–Kier alpha value is -2.93. The quantitative estimate of drug-likeness (QED) is 0.627. The smallest absolute Gasteiger partial charge is 0.293 e. The summed E-state index contributed by atoms with van der Waals surface area (Å²) in [6.45, 7) is 6.36. The number of hydrogen-bond donors (Lipinski definition) is 1. The van der Waals surface area contributed by atoms with Gasteiger partial charge in [-0.3, -0.25) is 14.9 Å². The normalized spacial score (nSPS) is 20.2. The first-order valence-corrected chi connectivity index (χ1v) is 9.88. The monoisotopic (exact) mass is 395 g/mol. The molecule has 0 spiro atoms. The molecule has 0 radical (unpaired) electrons. The summed E-state index contributed by atoms with van der Waals surface area (Å²) in [6, 6.07) is 12.9. The number of ether oxygens (including phenoxy) is 1. The summed E-state index contributed by atoms with van der Waals surface area (Å²) in [4.78, 5) is 25.7. The van der Waals surface area contributed by atoms with E-state index in [1.54, 1.807) is 17.0 Å². The lowest BCUT2D eigenvalue weighted by Gasteiger charge is -2.27. The van der Waals surface area contributed by atoms with Gasteiger partial charge in [0.2, 0.25) is 0 Å². The molecule has 152 valence electrons. The number of nitro benzene ring substituents is 1. The van der Waals surface area contributed by atoms with Gasteiger partial charge in [-0.1, -0.05) is 38.1 Å². The number of morpholine rings is 1. The summed E-state index contributed by atoms with van der Waals surface area (Å²) in [5.41, 5.74) is 3.11. The molecule has 2 aromatic rings. The molecule has 7 nitrogen and oxygen atoms in total. The van der Waals surface area contributed by atoms with Crippen molar-refractivity contribution in [3.05, 3.63) is 69.3 Å². The van der Waals surface area contributed by atoms with Gasteiger partial charge in [0.25, 0.3) is 11.6 Å². The summed E-state index contributed by atoms with van der Waals surface area (Å²) in [7, 11) is 0. The highest BCUT2D eigenvalue weighted by atomic mass is 16.6. The summed E-state index contributed by atoms with van der Waals surface area (Å²) >= 11 is 0. The minimum Gasteiger partial charge on any atom is -0.378 e. The zero-order chi connectivity index (χ0) is 20.6. The van der Waals surface area contributed by atoms with Crippen LogP contribution in [0.2, 0.25) is 0 Å². The van der Waals surface area contributed by atoms with Gasteiger partial charge >= 0.3 is 0 Å². The van der Waals surface area contributed by atoms with Gasteiger partial charge in [0, 0.05) is 24.7 Å². The number of nitro groups is 1. The van der Waals surface area contributed by atoms with E-state index in [-0.39, 0.29) is 23.1 Å². The maximum absolute atomic E-state index is 12.7. The molecule has 1 aliphatic carbocycles. The van der Waals surface area contributed by atoms with Crippen molar-refractivity contribution in [2.75, 3.05) is 31.6 Å². The summed E-state index contributed by atoms with van der Waals surface area (Å²) < 4.78 is 5.27. The standard InChI is InChI=1S/C22H25N3O4/c1-22(2)14-19(16-5-3-4-6-17(16)22)23-18-8-7-15(13-20(18)25(27)28)21(26)24-9-11-29-12-10-24/h3-8,13,19,23H,9-12,14H2,1-2H3. The van der Waals surface area contributed by atoms with Gasteiger partial charge < -0.3 is 15.0 Å². The van der Waals surface area contributed by atoms with Crippen LogP contribution in [0.5, 0.6) is 0 Å². The number of carbonyl (C=O) groups is 1. The van der Waals surface area contributed by atoms with E-state index < -0.39 is 4.92 Å². The van der Waals surface area contributed by atoms with Crippen molar-refractivity contribution >= 4 is 17.3 Å². The van der Waals surface area contributed by atoms with E-state index in [2.05, 4.69) is 31.3 Å². The molecule has 0 saturated carbocycles. The van der Waals surface area contributed by atoms with Crippen molar-refractivity contribution < 1.29 is 14.5 Å². The number of anilines is 1. The molecule has 1 saturated heterocycles. The zero-order valence-corrected chi connectivity index (χ0v) is 16.7. The van der Waals surface area contributed by atoms with Gasteiger partial charge in [0.1, 0.15) is 5.69 Å². The second-order valence-corrected chi connectivity index (χ2v) is 8.27. The van der Waals surface area contributed by atoms with E-state index in [9.17, 15) is 14.9 Å². The van der Waals surface area contributed by atoms with E-state index in [4.69, 9.17) is 4.74 Å². The van der Waals surface area contributed by atoms with Crippen LogP contribution in [0.3, 0.4) is 0 Å². The fourth-order valence-corrected chi connectivity index (χ4v) is 4.35. The number of nitrogens with one attached hydrogen (secondary N) is 1. The van der Waals surface area contributed by atoms with Gasteiger partial charge in [-0.05, 0) is 35.1 Å². The van der Waals surface area contributed by atoms with Gasteiger partial charge in [-0.2, -0.15) is 0 Å². The summed E-state index contributed by atoms with van der Waals surface area (Å²) in [6.07, 6.45) is 0.845. The van der Waals surface area contributed by atoms with Crippen molar-refractivity contribution in [1.82, 2.24) is 4.90 Å².